The van der Waals surface area contributed by atoms with Gasteiger partial charge in [-0.15, -0.1) is 0 Å². The number of carbonyl (C=O) groups excluding carboxylic acids is 1. The fourth-order valence-electron chi connectivity index (χ4n) is 1.47. The Morgan fingerprint density at radius 3 is 2.79 bits per heavy atom. The molecule has 106 valence electrons. The lowest BCUT2D eigenvalue weighted by atomic mass is 10.2. The van der Waals surface area contributed by atoms with Crippen LogP contribution in [0.15, 0.2) is 16.6 Å². The number of hydrogen-bond acceptors (Lipinski definition) is 4. The van der Waals surface area contributed by atoms with Crippen molar-refractivity contribution in [2.24, 2.45) is 5.73 Å². The molecular formula is C12H16BrClN2O3. The second kappa shape index (κ2) is 7.69. The first kappa shape index (κ1) is 16.2. The highest BCUT2D eigenvalue weighted by molar-refractivity contribution is 9.10. The zero-order valence-corrected chi connectivity index (χ0v) is 13.0. The number of nitrogens with two attached hydrogens (primary N) is 1. The van der Waals surface area contributed by atoms with Gasteiger partial charge in [-0.1, -0.05) is 11.6 Å². The van der Waals surface area contributed by atoms with Gasteiger partial charge < -0.3 is 20.5 Å². The Labute approximate surface area is 125 Å². The number of carbonyl (C=O) groups is 1. The van der Waals surface area contributed by atoms with Gasteiger partial charge in [0.15, 0.2) is 5.75 Å². The Balaban J connectivity index is 3.02. The van der Waals surface area contributed by atoms with Gasteiger partial charge in [0.1, 0.15) is 6.10 Å². The SMILES string of the molecule is CCOc1c(Br)cc(Cl)cc1NC(=O)C(CN)OC. The molecular weight excluding hydrogens is 336 g/mol. The Kier molecular flexibility index (Phi) is 6.57. The molecule has 0 heterocycles. The molecule has 0 fully saturated rings. The van der Waals surface area contributed by atoms with Crippen LogP contribution in [0.5, 0.6) is 5.75 Å². The monoisotopic (exact) mass is 350 g/mol. The first-order valence-corrected chi connectivity index (χ1v) is 6.86. The minimum Gasteiger partial charge on any atom is -0.491 e. The maximum Gasteiger partial charge on any atom is 0.254 e. The van der Waals surface area contributed by atoms with E-state index in [9.17, 15) is 4.79 Å². The number of rotatable bonds is 6. The number of anilines is 1. The average Bonchev–Trinajstić information content (AvgIpc) is 2.35. The molecule has 0 aliphatic rings. The third-order valence-electron chi connectivity index (χ3n) is 2.35. The molecule has 0 bridgehead atoms. The number of methoxy groups -OCH3 is 1. The second-order valence-corrected chi connectivity index (χ2v) is 4.94. The van der Waals surface area contributed by atoms with E-state index in [-0.39, 0.29) is 12.5 Å². The third-order valence-corrected chi connectivity index (χ3v) is 3.15. The largest absolute Gasteiger partial charge is 0.491 e. The van der Waals surface area contributed by atoms with E-state index in [0.717, 1.165) is 0 Å². The third kappa shape index (κ3) is 4.35. The summed E-state index contributed by atoms with van der Waals surface area (Å²) in [6.45, 7) is 2.41. The van der Waals surface area contributed by atoms with E-state index in [1.165, 1.54) is 7.11 Å². The maximum atomic E-state index is 11.9. The minimum atomic E-state index is -0.716. The van der Waals surface area contributed by atoms with Crippen LogP contribution in [0, 0.1) is 0 Å². The summed E-state index contributed by atoms with van der Waals surface area (Å²) < 4.78 is 11.1. The summed E-state index contributed by atoms with van der Waals surface area (Å²) in [5.74, 6) is 0.173. The number of halogens is 2. The molecule has 1 aromatic rings. The standard InChI is InChI=1S/C12H16BrClN2O3/c1-3-19-11-8(13)4-7(14)5-9(11)16-12(17)10(6-15)18-2/h4-5,10H,3,6,15H2,1-2H3,(H,16,17). The van der Waals surface area contributed by atoms with Crippen molar-refractivity contribution in [2.45, 2.75) is 13.0 Å². The molecule has 1 rings (SSSR count). The summed E-state index contributed by atoms with van der Waals surface area (Å²) in [5, 5.41) is 3.17. The molecule has 5 nitrogen and oxygen atoms in total. The average molecular weight is 352 g/mol. The van der Waals surface area contributed by atoms with Crippen molar-refractivity contribution in [3.63, 3.8) is 0 Å². The van der Waals surface area contributed by atoms with E-state index in [0.29, 0.717) is 27.5 Å². The summed E-state index contributed by atoms with van der Waals surface area (Å²) in [6, 6.07) is 3.30. The zero-order chi connectivity index (χ0) is 14.4. The van der Waals surface area contributed by atoms with Crippen molar-refractivity contribution in [2.75, 3.05) is 25.6 Å². The number of benzene rings is 1. The first-order chi connectivity index (χ1) is 9.03. The van der Waals surface area contributed by atoms with Gasteiger partial charge in [-0.2, -0.15) is 0 Å². The smallest absolute Gasteiger partial charge is 0.254 e. The minimum absolute atomic E-state index is 0.0913. The van der Waals surface area contributed by atoms with Crippen LogP contribution in [0.3, 0.4) is 0 Å². The molecule has 0 saturated carbocycles. The van der Waals surface area contributed by atoms with E-state index in [2.05, 4.69) is 21.2 Å². The lowest BCUT2D eigenvalue weighted by Crippen LogP contribution is -2.36. The molecule has 1 aromatic carbocycles. The molecule has 1 amide bonds. The molecule has 0 aliphatic carbocycles. The Morgan fingerprint density at radius 2 is 2.26 bits per heavy atom. The summed E-state index contributed by atoms with van der Waals surface area (Å²) in [6.07, 6.45) is -0.716. The van der Waals surface area contributed by atoms with Crippen molar-refractivity contribution < 1.29 is 14.3 Å². The molecule has 0 radical (unpaired) electrons. The second-order valence-electron chi connectivity index (χ2n) is 3.65. The van der Waals surface area contributed by atoms with Crippen molar-refractivity contribution in [1.82, 2.24) is 0 Å². The molecule has 7 heteroatoms. The highest BCUT2D eigenvalue weighted by Gasteiger charge is 2.19. The van der Waals surface area contributed by atoms with E-state index >= 15 is 0 Å². The Hall–Kier alpha value is -0.820. The van der Waals surface area contributed by atoms with Gasteiger partial charge >= 0.3 is 0 Å². The van der Waals surface area contributed by atoms with Crippen molar-refractivity contribution in [1.29, 1.82) is 0 Å². The fraction of sp³-hybridized carbons (Fsp3) is 0.417. The lowest BCUT2D eigenvalue weighted by molar-refractivity contribution is -0.125. The first-order valence-electron chi connectivity index (χ1n) is 5.69. The van der Waals surface area contributed by atoms with Gasteiger partial charge in [0.05, 0.1) is 16.8 Å². The van der Waals surface area contributed by atoms with Gasteiger partial charge in [-0.3, -0.25) is 4.79 Å². The van der Waals surface area contributed by atoms with Crippen LogP contribution in [0.2, 0.25) is 5.02 Å². The van der Waals surface area contributed by atoms with Crippen molar-refractivity contribution in [3.8, 4) is 5.75 Å². The summed E-state index contributed by atoms with van der Waals surface area (Å²) in [4.78, 5) is 11.9. The fourth-order valence-corrected chi connectivity index (χ4v) is 2.39. The predicted octanol–water partition coefficient (Wildman–Crippen LogP) is 2.41. The quantitative estimate of drug-likeness (QED) is 0.825. The van der Waals surface area contributed by atoms with Crippen LogP contribution in [-0.2, 0) is 9.53 Å². The zero-order valence-electron chi connectivity index (χ0n) is 10.7. The van der Waals surface area contributed by atoms with E-state index in [4.69, 9.17) is 26.8 Å². The normalized spacial score (nSPS) is 12.1. The van der Waals surface area contributed by atoms with Gasteiger partial charge in [0, 0.05) is 18.7 Å². The highest BCUT2D eigenvalue weighted by atomic mass is 79.9. The number of hydrogen-bond donors (Lipinski definition) is 2. The Morgan fingerprint density at radius 1 is 1.58 bits per heavy atom. The topological polar surface area (TPSA) is 73.6 Å². The van der Waals surface area contributed by atoms with Crippen LogP contribution < -0.4 is 15.8 Å². The lowest BCUT2D eigenvalue weighted by Gasteiger charge is -2.17. The van der Waals surface area contributed by atoms with E-state index in [1.807, 2.05) is 6.92 Å². The van der Waals surface area contributed by atoms with Crippen LogP contribution in [0.25, 0.3) is 0 Å². The Bertz CT molecular complexity index is 453. The molecule has 3 N–H and O–H groups in total. The van der Waals surface area contributed by atoms with Crippen LogP contribution in [0.1, 0.15) is 6.92 Å². The molecule has 0 saturated heterocycles. The van der Waals surface area contributed by atoms with Gasteiger partial charge in [-0.05, 0) is 35.0 Å². The maximum absolute atomic E-state index is 11.9. The number of nitrogens with one attached hydrogen (secondary N) is 1. The van der Waals surface area contributed by atoms with Gasteiger partial charge in [-0.25, -0.2) is 0 Å². The van der Waals surface area contributed by atoms with Crippen molar-refractivity contribution >= 4 is 39.1 Å². The van der Waals surface area contributed by atoms with Gasteiger partial charge in [0.25, 0.3) is 5.91 Å². The summed E-state index contributed by atoms with van der Waals surface area (Å²) in [5.41, 5.74) is 5.92. The van der Waals surface area contributed by atoms with E-state index in [1.54, 1.807) is 12.1 Å². The van der Waals surface area contributed by atoms with Crippen LogP contribution in [0.4, 0.5) is 5.69 Å². The van der Waals surface area contributed by atoms with E-state index < -0.39 is 6.10 Å². The van der Waals surface area contributed by atoms with Crippen LogP contribution in [-0.4, -0.2) is 32.3 Å². The van der Waals surface area contributed by atoms with Crippen molar-refractivity contribution in [3.05, 3.63) is 21.6 Å². The predicted molar refractivity (Wildman–Crippen MR) is 78.8 cm³/mol. The molecule has 19 heavy (non-hydrogen) atoms. The molecule has 0 aliphatic heterocycles. The summed E-state index contributed by atoms with van der Waals surface area (Å²) >= 11 is 9.30. The van der Waals surface area contributed by atoms with Gasteiger partial charge in [0.2, 0.25) is 0 Å². The molecule has 0 spiro atoms. The highest BCUT2D eigenvalue weighted by Crippen LogP contribution is 2.36. The molecule has 1 atom stereocenters. The molecule has 1 unspecified atom stereocenters. The number of ether oxygens (including phenoxy) is 2. The van der Waals surface area contributed by atoms with Crippen LogP contribution >= 0.6 is 27.5 Å². The summed E-state index contributed by atoms with van der Waals surface area (Å²) in [7, 11) is 1.43. The molecule has 0 aromatic heterocycles. The number of amides is 1.